The summed E-state index contributed by atoms with van der Waals surface area (Å²) in [7, 11) is 0. The lowest BCUT2D eigenvalue weighted by Gasteiger charge is -2.17. The maximum Gasteiger partial charge on any atom is 0.118 e. The Morgan fingerprint density at radius 2 is 2.12 bits per heavy atom. The van der Waals surface area contributed by atoms with Crippen LogP contribution in [0.5, 0.6) is 0 Å². The predicted octanol–water partition coefficient (Wildman–Crippen LogP) is 3.01. The van der Waals surface area contributed by atoms with Gasteiger partial charge in [0.25, 0.3) is 0 Å². The highest BCUT2D eigenvalue weighted by atomic mass is 16.3. The van der Waals surface area contributed by atoms with E-state index < -0.39 is 0 Å². The first-order valence-corrected chi connectivity index (χ1v) is 6.67. The Balaban J connectivity index is 2.44. The molecule has 1 rings (SSSR count). The standard InChI is InChI=1S/C14H26N2O/c1-5-7-16(6-2)10-14-8-13(11-17-14)9-15-12(3)4/h8,11-12,15H,5-7,9-10H2,1-4H3. The molecule has 0 bridgehead atoms. The molecule has 0 unspecified atom stereocenters. The topological polar surface area (TPSA) is 28.4 Å². The second-order valence-electron chi connectivity index (χ2n) is 4.83. The molecule has 0 aliphatic heterocycles. The van der Waals surface area contributed by atoms with Crippen LogP contribution in [-0.2, 0) is 13.1 Å². The van der Waals surface area contributed by atoms with E-state index in [2.05, 4.69) is 44.0 Å². The molecule has 1 N–H and O–H groups in total. The quantitative estimate of drug-likeness (QED) is 0.754. The van der Waals surface area contributed by atoms with Gasteiger partial charge in [0.05, 0.1) is 12.8 Å². The van der Waals surface area contributed by atoms with E-state index in [0.717, 1.165) is 31.9 Å². The second-order valence-corrected chi connectivity index (χ2v) is 4.83. The third kappa shape index (κ3) is 5.37. The minimum absolute atomic E-state index is 0.514. The molecular formula is C14H26N2O. The Labute approximate surface area is 105 Å². The van der Waals surface area contributed by atoms with Gasteiger partial charge in [0.15, 0.2) is 0 Å². The first kappa shape index (κ1) is 14.3. The van der Waals surface area contributed by atoms with Gasteiger partial charge >= 0.3 is 0 Å². The molecule has 98 valence electrons. The summed E-state index contributed by atoms with van der Waals surface area (Å²) in [5.74, 6) is 1.07. The third-order valence-corrected chi connectivity index (χ3v) is 2.79. The Morgan fingerprint density at radius 1 is 1.35 bits per heavy atom. The molecule has 1 heterocycles. The minimum atomic E-state index is 0.514. The normalized spacial score (nSPS) is 11.6. The fraction of sp³-hybridized carbons (Fsp3) is 0.714. The van der Waals surface area contributed by atoms with E-state index >= 15 is 0 Å². The van der Waals surface area contributed by atoms with E-state index in [-0.39, 0.29) is 0 Å². The van der Waals surface area contributed by atoms with E-state index in [4.69, 9.17) is 4.42 Å². The van der Waals surface area contributed by atoms with Crippen LogP contribution in [-0.4, -0.2) is 24.0 Å². The molecule has 1 aromatic rings. The van der Waals surface area contributed by atoms with Crippen LogP contribution in [0, 0.1) is 0 Å². The van der Waals surface area contributed by atoms with Gasteiger partial charge in [-0.2, -0.15) is 0 Å². The molecule has 0 amide bonds. The Bertz CT molecular complexity index is 307. The summed E-state index contributed by atoms with van der Waals surface area (Å²) in [5, 5.41) is 3.39. The summed E-state index contributed by atoms with van der Waals surface area (Å²) in [6.45, 7) is 12.7. The molecule has 17 heavy (non-hydrogen) atoms. The average Bonchev–Trinajstić information content (AvgIpc) is 2.73. The van der Waals surface area contributed by atoms with Gasteiger partial charge in [0, 0.05) is 18.2 Å². The van der Waals surface area contributed by atoms with Gasteiger partial charge in [0.2, 0.25) is 0 Å². The van der Waals surface area contributed by atoms with E-state index in [1.165, 1.54) is 12.0 Å². The minimum Gasteiger partial charge on any atom is -0.468 e. The Hall–Kier alpha value is -0.800. The first-order chi connectivity index (χ1) is 8.15. The molecule has 0 aliphatic carbocycles. The van der Waals surface area contributed by atoms with Crippen molar-refractivity contribution < 1.29 is 4.42 Å². The van der Waals surface area contributed by atoms with Crippen molar-refractivity contribution in [1.82, 2.24) is 10.2 Å². The predicted molar refractivity (Wildman–Crippen MR) is 71.9 cm³/mol. The molecule has 0 atom stereocenters. The average molecular weight is 238 g/mol. The molecule has 3 heteroatoms. The summed E-state index contributed by atoms with van der Waals surface area (Å²) in [6, 6.07) is 2.67. The van der Waals surface area contributed by atoms with E-state index in [0.29, 0.717) is 6.04 Å². The number of furan rings is 1. The Morgan fingerprint density at radius 3 is 2.71 bits per heavy atom. The van der Waals surface area contributed by atoms with Crippen molar-refractivity contribution >= 4 is 0 Å². The molecule has 0 aliphatic rings. The van der Waals surface area contributed by atoms with Crippen LogP contribution in [0.3, 0.4) is 0 Å². The summed E-state index contributed by atoms with van der Waals surface area (Å²) in [5.41, 5.74) is 1.24. The molecule has 3 nitrogen and oxygen atoms in total. The van der Waals surface area contributed by atoms with Crippen LogP contribution in [0.1, 0.15) is 45.4 Å². The van der Waals surface area contributed by atoms with Crippen LogP contribution >= 0.6 is 0 Å². The van der Waals surface area contributed by atoms with Crippen molar-refractivity contribution in [1.29, 1.82) is 0 Å². The van der Waals surface area contributed by atoms with E-state index in [9.17, 15) is 0 Å². The molecule has 0 aromatic carbocycles. The van der Waals surface area contributed by atoms with Crippen molar-refractivity contribution in [2.24, 2.45) is 0 Å². The Kier molecular flexibility index (Phi) is 6.30. The van der Waals surface area contributed by atoms with Gasteiger partial charge in [-0.25, -0.2) is 0 Å². The highest BCUT2D eigenvalue weighted by Gasteiger charge is 2.07. The monoisotopic (exact) mass is 238 g/mol. The lowest BCUT2D eigenvalue weighted by Crippen LogP contribution is -2.23. The number of hydrogen-bond donors (Lipinski definition) is 1. The number of nitrogens with zero attached hydrogens (tertiary/aromatic N) is 1. The molecule has 1 aromatic heterocycles. The zero-order valence-electron chi connectivity index (χ0n) is 11.6. The SMILES string of the molecule is CCCN(CC)Cc1cc(CNC(C)C)co1. The lowest BCUT2D eigenvalue weighted by molar-refractivity contribution is 0.256. The molecule has 0 radical (unpaired) electrons. The summed E-state index contributed by atoms with van der Waals surface area (Å²) >= 11 is 0. The van der Waals surface area contributed by atoms with Gasteiger partial charge in [-0.15, -0.1) is 0 Å². The first-order valence-electron chi connectivity index (χ1n) is 6.67. The van der Waals surface area contributed by atoms with Crippen LogP contribution < -0.4 is 5.32 Å². The number of nitrogens with one attached hydrogen (secondary N) is 1. The zero-order valence-corrected chi connectivity index (χ0v) is 11.6. The lowest BCUT2D eigenvalue weighted by atomic mass is 10.2. The maximum absolute atomic E-state index is 5.59. The summed E-state index contributed by atoms with van der Waals surface area (Å²) < 4.78 is 5.59. The van der Waals surface area contributed by atoms with Gasteiger partial charge in [-0.05, 0) is 25.6 Å². The van der Waals surface area contributed by atoms with Crippen molar-refractivity contribution in [3.05, 3.63) is 23.7 Å². The largest absolute Gasteiger partial charge is 0.468 e. The molecular weight excluding hydrogens is 212 g/mol. The van der Waals surface area contributed by atoms with Gasteiger partial charge in [0.1, 0.15) is 5.76 Å². The van der Waals surface area contributed by atoms with Gasteiger partial charge in [-0.1, -0.05) is 27.7 Å². The van der Waals surface area contributed by atoms with Crippen molar-refractivity contribution in [3.63, 3.8) is 0 Å². The van der Waals surface area contributed by atoms with Crippen LogP contribution in [0.15, 0.2) is 16.7 Å². The fourth-order valence-electron chi connectivity index (χ4n) is 1.81. The smallest absolute Gasteiger partial charge is 0.118 e. The van der Waals surface area contributed by atoms with Crippen LogP contribution in [0.2, 0.25) is 0 Å². The van der Waals surface area contributed by atoms with Crippen molar-refractivity contribution in [2.45, 2.75) is 53.2 Å². The highest BCUT2D eigenvalue weighted by Crippen LogP contribution is 2.11. The number of rotatable bonds is 8. The van der Waals surface area contributed by atoms with Gasteiger partial charge < -0.3 is 9.73 Å². The van der Waals surface area contributed by atoms with Crippen molar-refractivity contribution in [2.75, 3.05) is 13.1 Å². The number of hydrogen-bond acceptors (Lipinski definition) is 3. The molecule has 0 saturated heterocycles. The van der Waals surface area contributed by atoms with Crippen molar-refractivity contribution in [3.8, 4) is 0 Å². The highest BCUT2D eigenvalue weighted by molar-refractivity contribution is 5.12. The summed E-state index contributed by atoms with van der Waals surface area (Å²) in [4.78, 5) is 2.40. The molecule has 0 saturated carbocycles. The zero-order chi connectivity index (χ0) is 12.7. The maximum atomic E-state index is 5.59. The summed E-state index contributed by atoms with van der Waals surface area (Å²) in [6.07, 6.45) is 3.06. The van der Waals surface area contributed by atoms with E-state index in [1.807, 2.05) is 6.26 Å². The second kappa shape index (κ2) is 7.51. The molecule has 0 fully saturated rings. The van der Waals surface area contributed by atoms with Gasteiger partial charge in [-0.3, -0.25) is 4.90 Å². The van der Waals surface area contributed by atoms with Crippen LogP contribution in [0.4, 0.5) is 0 Å². The third-order valence-electron chi connectivity index (χ3n) is 2.79. The van der Waals surface area contributed by atoms with Crippen LogP contribution in [0.25, 0.3) is 0 Å². The fourth-order valence-corrected chi connectivity index (χ4v) is 1.81. The van der Waals surface area contributed by atoms with E-state index in [1.54, 1.807) is 0 Å². The molecule has 0 spiro atoms.